The lowest BCUT2D eigenvalue weighted by molar-refractivity contribution is -0.287. The minimum atomic E-state index is -3.68. The van der Waals surface area contributed by atoms with Gasteiger partial charge in [-0.2, -0.15) is 0 Å². The summed E-state index contributed by atoms with van der Waals surface area (Å²) in [6.45, 7) is 2.74. The second kappa shape index (κ2) is 7.65. The lowest BCUT2D eigenvalue weighted by Crippen LogP contribution is -2.49. The number of carbonyl (C=O) groups is 2. The molecule has 1 amide bonds. The number of aliphatic carboxylic acids is 1. The second-order valence-electron chi connectivity index (χ2n) is 6.43. The predicted molar refractivity (Wildman–Crippen MR) is 87.6 cm³/mol. The molecule has 1 aromatic carbocycles. The zero-order valence-corrected chi connectivity index (χ0v) is 14.7. The molecule has 10 heteroatoms. The fraction of sp³-hybridized carbons (Fsp3) is 0.529. The highest BCUT2D eigenvalue weighted by molar-refractivity contribution is 5.79. The number of ether oxygens (including phenoxy) is 3. The van der Waals surface area contributed by atoms with Gasteiger partial charge in [0.1, 0.15) is 6.54 Å². The highest BCUT2D eigenvalue weighted by Gasteiger charge is 2.44. The fourth-order valence-electron chi connectivity index (χ4n) is 3.14. The number of rotatable bonds is 6. The minimum absolute atomic E-state index is 0.00785. The van der Waals surface area contributed by atoms with E-state index in [1.54, 1.807) is 12.1 Å². The Morgan fingerprint density at radius 2 is 2.15 bits per heavy atom. The molecule has 2 heterocycles. The Morgan fingerprint density at radius 1 is 1.37 bits per heavy atom. The van der Waals surface area contributed by atoms with Crippen LogP contribution in [-0.4, -0.2) is 72.0 Å². The summed E-state index contributed by atoms with van der Waals surface area (Å²) in [5, 5.41) is 8.91. The van der Waals surface area contributed by atoms with Gasteiger partial charge in [0, 0.05) is 38.7 Å². The highest BCUT2D eigenvalue weighted by Crippen LogP contribution is 2.43. The SMILES string of the molecule is CC(=O)N(CC(=O)O)CC1CN(Cc2cccc3c2OC(F)(F)O3)CCO1. The third kappa shape index (κ3) is 4.83. The van der Waals surface area contributed by atoms with Crippen LogP contribution in [0.5, 0.6) is 11.5 Å². The molecule has 1 aromatic rings. The summed E-state index contributed by atoms with van der Waals surface area (Å²) in [4.78, 5) is 25.7. The van der Waals surface area contributed by atoms with Crippen molar-refractivity contribution in [3.05, 3.63) is 23.8 Å². The predicted octanol–water partition coefficient (Wildman–Crippen LogP) is 1.14. The number of carbonyl (C=O) groups excluding carboxylic acids is 1. The average Bonchev–Trinajstić information content (AvgIpc) is 2.89. The first-order valence-corrected chi connectivity index (χ1v) is 8.42. The van der Waals surface area contributed by atoms with E-state index in [0.717, 1.165) is 0 Å². The van der Waals surface area contributed by atoms with Gasteiger partial charge >= 0.3 is 12.3 Å². The molecular weight excluding hydrogens is 366 g/mol. The molecule has 0 aromatic heterocycles. The van der Waals surface area contributed by atoms with E-state index in [-0.39, 0.29) is 30.1 Å². The summed E-state index contributed by atoms with van der Waals surface area (Å²) in [5.74, 6) is -1.45. The van der Waals surface area contributed by atoms with E-state index in [0.29, 0.717) is 31.8 Å². The molecule has 1 unspecified atom stereocenters. The van der Waals surface area contributed by atoms with Crippen LogP contribution >= 0.6 is 0 Å². The summed E-state index contributed by atoms with van der Waals surface area (Å²) in [5.41, 5.74) is 0.555. The summed E-state index contributed by atoms with van der Waals surface area (Å²) in [6.07, 6.45) is -4.05. The van der Waals surface area contributed by atoms with Crippen LogP contribution in [0, 0.1) is 0 Å². The maximum absolute atomic E-state index is 13.3. The van der Waals surface area contributed by atoms with Crippen molar-refractivity contribution in [3.63, 3.8) is 0 Å². The number of nitrogens with zero attached hydrogens (tertiary/aromatic N) is 2. The van der Waals surface area contributed by atoms with Crippen LogP contribution in [0.1, 0.15) is 12.5 Å². The Kier molecular flexibility index (Phi) is 5.47. The van der Waals surface area contributed by atoms with Crippen molar-refractivity contribution in [2.75, 3.05) is 32.8 Å². The average molecular weight is 386 g/mol. The van der Waals surface area contributed by atoms with Gasteiger partial charge in [0.05, 0.1) is 12.7 Å². The molecular formula is C17H20F2N2O6. The number of fused-ring (bicyclic) bond motifs is 1. The lowest BCUT2D eigenvalue weighted by Gasteiger charge is -2.35. The van der Waals surface area contributed by atoms with Crippen molar-refractivity contribution in [1.82, 2.24) is 9.80 Å². The number of amides is 1. The van der Waals surface area contributed by atoms with Gasteiger partial charge in [-0.05, 0) is 6.07 Å². The Labute approximate surface area is 154 Å². The summed E-state index contributed by atoms with van der Waals surface area (Å²) in [6, 6.07) is 4.71. The molecule has 0 saturated carbocycles. The third-order valence-electron chi connectivity index (χ3n) is 4.32. The zero-order chi connectivity index (χ0) is 19.6. The van der Waals surface area contributed by atoms with Gasteiger partial charge in [-0.3, -0.25) is 14.5 Å². The van der Waals surface area contributed by atoms with E-state index in [9.17, 15) is 18.4 Å². The number of hydrogen-bond donors (Lipinski definition) is 1. The minimum Gasteiger partial charge on any atom is -0.480 e. The molecule has 0 radical (unpaired) electrons. The fourth-order valence-corrected chi connectivity index (χ4v) is 3.14. The van der Waals surface area contributed by atoms with Gasteiger partial charge in [-0.1, -0.05) is 12.1 Å². The molecule has 1 fully saturated rings. The van der Waals surface area contributed by atoms with Crippen molar-refractivity contribution < 1.29 is 37.7 Å². The van der Waals surface area contributed by atoms with Crippen LogP contribution in [0.4, 0.5) is 8.78 Å². The third-order valence-corrected chi connectivity index (χ3v) is 4.32. The second-order valence-corrected chi connectivity index (χ2v) is 6.43. The maximum Gasteiger partial charge on any atom is 0.586 e. The molecule has 1 N–H and O–H groups in total. The van der Waals surface area contributed by atoms with Crippen LogP contribution in [-0.2, 0) is 20.9 Å². The molecule has 2 aliphatic heterocycles. The number of morpholine rings is 1. The van der Waals surface area contributed by atoms with Crippen molar-refractivity contribution in [3.8, 4) is 11.5 Å². The Hall–Kier alpha value is -2.46. The van der Waals surface area contributed by atoms with Gasteiger partial charge < -0.3 is 24.2 Å². The highest BCUT2D eigenvalue weighted by atomic mass is 19.3. The van der Waals surface area contributed by atoms with Gasteiger partial charge in [-0.15, -0.1) is 8.78 Å². The smallest absolute Gasteiger partial charge is 0.480 e. The number of para-hydroxylation sites is 1. The van der Waals surface area contributed by atoms with Gasteiger partial charge in [-0.25, -0.2) is 0 Å². The normalized spacial score (nSPS) is 21.1. The first-order valence-electron chi connectivity index (χ1n) is 8.42. The Balaban J connectivity index is 1.64. The topological polar surface area (TPSA) is 88.5 Å². The van der Waals surface area contributed by atoms with Crippen LogP contribution in [0.25, 0.3) is 0 Å². The van der Waals surface area contributed by atoms with Gasteiger partial charge in [0.25, 0.3) is 0 Å². The molecule has 0 bridgehead atoms. The standard InChI is InChI=1S/C17H20F2N2O6/c1-11(22)21(10-15(23)24)9-13-8-20(5-6-25-13)7-12-3-2-4-14-16(12)27-17(18,19)26-14/h2-4,13H,5-10H2,1H3,(H,23,24). The van der Waals surface area contributed by atoms with Crippen molar-refractivity contribution >= 4 is 11.9 Å². The van der Waals surface area contributed by atoms with Crippen LogP contribution in [0.15, 0.2) is 18.2 Å². The summed E-state index contributed by atoms with van der Waals surface area (Å²) in [7, 11) is 0. The Morgan fingerprint density at radius 3 is 2.85 bits per heavy atom. The molecule has 148 valence electrons. The molecule has 0 spiro atoms. The molecule has 3 rings (SSSR count). The van der Waals surface area contributed by atoms with Crippen molar-refractivity contribution in [2.24, 2.45) is 0 Å². The molecule has 27 heavy (non-hydrogen) atoms. The van der Waals surface area contributed by atoms with E-state index in [2.05, 4.69) is 9.47 Å². The van der Waals surface area contributed by atoms with Gasteiger partial charge in [0.2, 0.25) is 5.91 Å². The van der Waals surface area contributed by atoms with Gasteiger partial charge in [0.15, 0.2) is 11.5 Å². The van der Waals surface area contributed by atoms with E-state index in [1.165, 1.54) is 17.9 Å². The first-order chi connectivity index (χ1) is 12.7. The molecule has 1 atom stereocenters. The molecule has 2 aliphatic rings. The molecule has 0 aliphatic carbocycles. The number of carboxylic acid groups (broad SMARTS) is 1. The van der Waals surface area contributed by atoms with Crippen LogP contribution < -0.4 is 9.47 Å². The van der Waals surface area contributed by atoms with E-state index in [1.807, 2.05) is 4.90 Å². The zero-order valence-electron chi connectivity index (χ0n) is 14.7. The lowest BCUT2D eigenvalue weighted by atomic mass is 10.1. The monoisotopic (exact) mass is 386 g/mol. The van der Waals surface area contributed by atoms with Crippen LogP contribution in [0.3, 0.4) is 0 Å². The molecule has 8 nitrogen and oxygen atoms in total. The summed E-state index contributed by atoms with van der Waals surface area (Å²) >= 11 is 0. The van der Waals surface area contributed by atoms with E-state index in [4.69, 9.17) is 9.84 Å². The number of benzene rings is 1. The largest absolute Gasteiger partial charge is 0.586 e. The number of carboxylic acids is 1. The quantitative estimate of drug-likeness (QED) is 0.784. The number of halogens is 2. The van der Waals surface area contributed by atoms with Crippen molar-refractivity contribution in [2.45, 2.75) is 25.9 Å². The van der Waals surface area contributed by atoms with E-state index >= 15 is 0 Å². The Bertz CT molecular complexity index is 729. The van der Waals surface area contributed by atoms with Crippen molar-refractivity contribution in [1.29, 1.82) is 0 Å². The van der Waals surface area contributed by atoms with Crippen LogP contribution in [0.2, 0.25) is 0 Å². The maximum atomic E-state index is 13.3. The van der Waals surface area contributed by atoms with E-state index < -0.39 is 18.8 Å². The number of hydrogen-bond acceptors (Lipinski definition) is 6. The first kappa shape index (κ1) is 19.3. The number of alkyl halides is 2. The summed E-state index contributed by atoms with van der Waals surface area (Å²) < 4.78 is 41.3. The molecule has 1 saturated heterocycles.